The maximum absolute atomic E-state index is 10.9. The van der Waals surface area contributed by atoms with E-state index in [0.29, 0.717) is 19.4 Å². The highest BCUT2D eigenvalue weighted by molar-refractivity contribution is 6.50. The first kappa shape index (κ1) is 13.0. The van der Waals surface area contributed by atoms with E-state index < -0.39 is 14.8 Å². The number of nitrogens with zero attached hydrogens (tertiary/aromatic N) is 3. The van der Waals surface area contributed by atoms with E-state index >= 15 is 0 Å². The smallest absolute Gasteiger partial charge is 0.137 e. The summed E-state index contributed by atoms with van der Waals surface area (Å²) < 4.78 is 0.910. The van der Waals surface area contributed by atoms with Crippen LogP contribution in [-0.2, 0) is 6.54 Å². The van der Waals surface area contributed by atoms with Crippen LogP contribution >= 0.6 is 34.8 Å². The predicted molar refractivity (Wildman–Crippen MR) is 70.0 cm³/mol. The van der Waals surface area contributed by atoms with Gasteiger partial charge in [-0.25, -0.2) is 4.98 Å². The maximum Gasteiger partial charge on any atom is 0.137 e. The molecule has 0 aromatic carbocycles. The summed E-state index contributed by atoms with van der Waals surface area (Å²) in [6, 6.07) is 0. The van der Waals surface area contributed by atoms with Crippen molar-refractivity contribution >= 4 is 34.8 Å². The Kier molecular flexibility index (Phi) is 2.87. The van der Waals surface area contributed by atoms with Crippen molar-refractivity contribution in [2.24, 2.45) is 5.92 Å². The molecule has 3 rings (SSSR count). The Hall–Kier alpha value is -0.0300. The van der Waals surface area contributed by atoms with Crippen molar-refractivity contribution in [2.75, 3.05) is 0 Å². The van der Waals surface area contributed by atoms with Crippen LogP contribution in [0.4, 0.5) is 0 Å². The molecule has 1 aromatic rings. The maximum atomic E-state index is 10.9. The lowest BCUT2D eigenvalue weighted by Crippen LogP contribution is -2.46. The fourth-order valence-corrected chi connectivity index (χ4v) is 3.20. The van der Waals surface area contributed by atoms with E-state index in [1.165, 1.54) is 6.33 Å². The van der Waals surface area contributed by atoms with Crippen molar-refractivity contribution in [3.8, 4) is 0 Å². The molecule has 0 saturated heterocycles. The minimum Gasteiger partial charge on any atom is -0.386 e. The van der Waals surface area contributed by atoms with Crippen LogP contribution in [0, 0.1) is 5.92 Å². The normalized spacial score (nSPS) is 30.8. The van der Waals surface area contributed by atoms with Gasteiger partial charge in [-0.15, -0.1) is 34.8 Å². The van der Waals surface area contributed by atoms with Crippen LogP contribution < -0.4 is 0 Å². The van der Waals surface area contributed by atoms with Crippen molar-refractivity contribution in [1.29, 1.82) is 0 Å². The Bertz CT molecular complexity index is 446. The molecule has 2 fully saturated rings. The second kappa shape index (κ2) is 3.98. The zero-order valence-electron chi connectivity index (χ0n) is 9.69. The molecule has 0 bridgehead atoms. The summed E-state index contributed by atoms with van der Waals surface area (Å²) in [4.78, 5) is 3.31. The zero-order valence-corrected chi connectivity index (χ0v) is 12.0. The summed E-state index contributed by atoms with van der Waals surface area (Å²) in [6.45, 7) is 0.330. The van der Waals surface area contributed by atoms with Crippen molar-refractivity contribution in [1.82, 2.24) is 14.8 Å². The van der Waals surface area contributed by atoms with Gasteiger partial charge in [0.25, 0.3) is 0 Å². The number of hydrogen-bond acceptors (Lipinski definition) is 3. The minimum atomic E-state index is -1.03. The van der Waals surface area contributed by atoms with Crippen LogP contribution in [0.3, 0.4) is 0 Å². The Morgan fingerprint density at radius 3 is 2.50 bits per heavy atom. The van der Waals surface area contributed by atoms with Gasteiger partial charge in [0.05, 0.1) is 11.4 Å². The van der Waals surface area contributed by atoms with Crippen molar-refractivity contribution in [3.63, 3.8) is 0 Å². The summed E-state index contributed by atoms with van der Waals surface area (Å²) in [6.07, 6.45) is 5.86. The van der Waals surface area contributed by atoms with Gasteiger partial charge in [-0.2, -0.15) is 5.10 Å². The molecule has 1 aromatic heterocycles. The Morgan fingerprint density at radius 2 is 2.06 bits per heavy atom. The lowest BCUT2D eigenvalue weighted by Gasteiger charge is -2.33. The fraction of sp³-hybridized carbons (Fsp3) is 0.818. The molecule has 0 spiro atoms. The number of aromatic nitrogens is 3. The first-order valence-electron chi connectivity index (χ1n) is 5.96. The van der Waals surface area contributed by atoms with Crippen LogP contribution in [0.1, 0.15) is 25.7 Å². The summed E-state index contributed by atoms with van der Waals surface area (Å²) >= 11 is 18.5. The summed E-state index contributed by atoms with van der Waals surface area (Å²) in [5.41, 5.74) is -1.03. The third-order valence-electron chi connectivity index (χ3n) is 3.95. The first-order valence-corrected chi connectivity index (χ1v) is 7.10. The molecule has 18 heavy (non-hydrogen) atoms. The highest BCUT2D eigenvalue weighted by Crippen LogP contribution is 2.61. The molecular formula is C11H14Cl3N3O. The van der Waals surface area contributed by atoms with Gasteiger partial charge in [-0.3, -0.25) is 4.68 Å². The molecule has 2 aliphatic carbocycles. The third-order valence-corrected chi connectivity index (χ3v) is 5.61. The second-order valence-corrected chi connectivity index (χ2v) is 7.72. The summed E-state index contributed by atoms with van der Waals surface area (Å²) in [5.74, 6) is 0.102. The number of alkyl halides is 3. The highest BCUT2D eigenvalue weighted by atomic mass is 35.5. The average Bonchev–Trinajstić information content (AvgIpc) is 3.06. The van der Waals surface area contributed by atoms with Crippen molar-refractivity contribution in [2.45, 2.75) is 47.0 Å². The molecular weight excluding hydrogens is 296 g/mol. The third kappa shape index (κ3) is 2.24. The zero-order chi connectivity index (χ0) is 13.0. The number of hydrogen-bond donors (Lipinski definition) is 1. The Morgan fingerprint density at radius 1 is 1.39 bits per heavy atom. The number of rotatable bonds is 5. The lowest BCUT2D eigenvalue weighted by atomic mass is 9.90. The molecule has 1 heterocycles. The lowest BCUT2D eigenvalue weighted by molar-refractivity contribution is -0.00592. The van der Waals surface area contributed by atoms with E-state index in [-0.39, 0.29) is 5.92 Å². The molecule has 0 aliphatic heterocycles. The Balaban J connectivity index is 1.76. The van der Waals surface area contributed by atoms with Crippen LogP contribution in [0.25, 0.3) is 0 Å². The van der Waals surface area contributed by atoms with Gasteiger partial charge >= 0.3 is 0 Å². The predicted octanol–water partition coefficient (Wildman–Crippen LogP) is 2.36. The molecule has 1 N–H and O–H groups in total. The van der Waals surface area contributed by atoms with E-state index in [1.807, 2.05) is 0 Å². The summed E-state index contributed by atoms with van der Waals surface area (Å²) in [7, 11) is 0. The monoisotopic (exact) mass is 309 g/mol. The summed E-state index contributed by atoms with van der Waals surface area (Å²) in [5, 5.41) is 14.9. The molecule has 2 saturated carbocycles. The molecule has 7 heteroatoms. The molecule has 100 valence electrons. The molecule has 0 radical (unpaired) electrons. The Labute approximate surface area is 120 Å². The topological polar surface area (TPSA) is 50.9 Å². The van der Waals surface area contributed by atoms with E-state index in [2.05, 4.69) is 10.1 Å². The van der Waals surface area contributed by atoms with Gasteiger partial charge in [-0.05, 0) is 31.6 Å². The molecule has 4 nitrogen and oxygen atoms in total. The van der Waals surface area contributed by atoms with Gasteiger partial charge in [0, 0.05) is 0 Å². The van der Waals surface area contributed by atoms with Crippen molar-refractivity contribution < 1.29 is 5.11 Å². The number of aliphatic hydroxyl groups is 1. The van der Waals surface area contributed by atoms with Gasteiger partial charge in [-0.1, -0.05) is 0 Å². The van der Waals surface area contributed by atoms with E-state index in [1.54, 1.807) is 11.0 Å². The largest absolute Gasteiger partial charge is 0.386 e. The van der Waals surface area contributed by atoms with Gasteiger partial charge in [0.15, 0.2) is 0 Å². The number of halogens is 3. The van der Waals surface area contributed by atoms with Crippen molar-refractivity contribution in [3.05, 3.63) is 12.7 Å². The highest BCUT2D eigenvalue weighted by Gasteiger charge is 2.63. The van der Waals surface area contributed by atoms with Crippen LogP contribution in [0.5, 0.6) is 0 Å². The standard InChI is InChI=1S/C11H14Cl3N3O/c12-9(1-2-9)10(18,3-8-4-11(8,13)14)5-17-7-15-6-16-17/h6-8,18H,1-5H2. The molecule has 2 aliphatic rings. The van der Waals surface area contributed by atoms with Crippen LogP contribution in [-0.4, -0.2) is 34.7 Å². The van der Waals surface area contributed by atoms with E-state index in [9.17, 15) is 5.11 Å². The van der Waals surface area contributed by atoms with Gasteiger partial charge < -0.3 is 5.11 Å². The quantitative estimate of drug-likeness (QED) is 0.850. The molecule has 2 unspecified atom stereocenters. The average molecular weight is 311 g/mol. The van der Waals surface area contributed by atoms with E-state index in [0.717, 1.165) is 12.8 Å². The second-order valence-electron chi connectivity index (χ2n) is 5.46. The van der Waals surface area contributed by atoms with Crippen LogP contribution in [0.15, 0.2) is 12.7 Å². The molecule has 2 atom stereocenters. The van der Waals surface area contributed by atoms with Gasteiger partial charge in [0.1, 0.15) is 22.6 Å². The fourth-order valence-electron chi connectivity index (χ4n) is 2.45. The first-order chi connectivity index (χ1) is 8.35. The minimum absolute atomic E-state index is 0.102. The molecule has 0 amide bonds. The SMILES string of the molecule is OC(CC1CC1(Cl)Cl)(Cn1cncn1)C1(Cl)CC1. The van der Waals surface area contributed by atoms with Gasteiger partial charge in [0.2, 0.25) is 0 Å². The van der Waals surface area contributed by atoms with E-state index in [4.69, 9.17) is 34.8 Å². The van der Waals surface area contributed by atoms with Crippen LogP contribution in [0.2, 0.25) is 0 Å².